The van der Waals surface area contributed by atoms with Gasteiger partial charge in [-0.15, -0.1) is 0 Å². The highest BCUT2D eigenvalue weighted by molar-refractivity contribution is 5.83. The molecule has 0 aromatic carbocycles. The first-order valence-electron chi connectivity index (χ1n) is 9.54. The van der Waals surface area contributed by atoms with Crippen LogP contribution < -0.4 is 4.57 Å². The van der Waals surface area contributed by atoms with Crippen LogP contribution in [0.3, 0.4) is 0 Å². The van der Waals surface area contributed by atoms with E-state index in [1.165, 1.54) is 16.5 Å². The largest absolute Gasteiger partial charge is 0.345 e. The van der Waals surface area contributed by atoms with Gasteiger partial charge in [0.15, 0.2) is 12.4 Å². The van der Waals surface area contributed by atoms with Crippen LogP contribution in [0.4, 0.5) is 0 Å². The normalized spacial score (nSPS) is 13.0. The summed E-state index contributed by atoms with van der Waals surface area (Å²) >= 11 is 0. The molecule has 4 aromatic rings. The molecule has 0 aliphatic carbocycles. The quantitative estimate of drug-likeness (QED) is 0.451. The zero-order chi connectivity index (χ0) is 19.6. The second kappa shape index (κ2) is 5.69. The summed E-state index contributed by atoms with van der Waals surface area (Å²) in [5, 5.41) is 1.32. The van der Waals surface area contributed by atoms with Gasteiger partial charge in [0.05, 0.1) is 17.4 Å². The Balaban J connectivity index is 1.89. The van der Waals surface area contributed by atoms with E-state index in [9.17, 15) is 0 Å². The molecular weight excluding hydrogens is 332 g/mol. The van der Waals surface area contributed by atoms with Crippen molar-refractivity contribution in [1.29, 1.82) is 0 Å². The smallest absolute Gasteiger partial charge is 0.229 e. The number of hydrogen-bond acceptors (Lipinski definition) is 1. The zero-order valence-corrected chi connectivity index (χ0v) is 17.4. The highest BCUT2D eigenvalue weighted by Crippen LogP contribution is 2.31. The molecule has 0 radical (unpaired) electrons. The monoisotopic (exact) mass is 361 g/mol. The minimum absolute atomic E-state index is 0.00643. The van der Waals surface area contributed by atoms with Crippen molar-refractivity contribution in [2.24, 2.45) is 7.05 Å². The first-order chi connectivity index (χ1) is 12.6. The van der Waals surface area contributed by atoms with E-state index in [1.807, 2.05) is 12.4 Å². The van der Waals surface area contributed by atoms with Gasteiger partial charge < -0.3 is 8.97 Å². The number of aryl methyl sites for hydroxylation is 1. The summed E-state index contributed by atoms with van der Waals surface area (Å²) in [5.74, 6) is 0. The molecule has 140 valence electrons. The average molecular weight is 362 g/mol. The van der Waals surface area contributed by atoms with Crippen LogP contribution in [0.1, 0.15) is 52.8 Å². The van der Waals surface area contributed by atoms with Crippen molar-refractivity contribution in [3.63, 3.8) is 0 Å². The van der Waals surface area contributed by atoms with Gasteiger partial charge in [-0.2, -0.15) is 4.57 Å². The van der Waals surface area contributed by atoms with E-state index >= 15 is 0 Å². The summed E-state index contributed by atoms with van der Waals surface area (Å²) in [7, 11) is 2.12. The van der Waals surface area contributed by atoms with Crippen LogP contribution in [-0.2, 0) is 17.9 Å². The minimum Gasteiger partial charge on any atom is -0.345 e. The van der Waals surface area contributed by atoms with E-state index in [0.29, 0.717) is 0 Å². The summed E-state index contributed by atoms with van der Waals surface area (Å²) in [4.78, 5) is 4.65. The molecule has 0 unspecified atom stereocenters. The Morgan fingerprint density at radius 3 is 2.37 bits per heavy atom. The van der Waals surface area contributed by atoms with Crippen molar-refractivity contribution >= 4 is 16.4 Å². The summed E-state index contributed by atoms with van der Waals surface area (Å²) < 4.78 is 6.60. The van der Waals surface area contributed by atoms with Crippen LogP contribution in [0.25, 0.3) is 22.1 Å². The molecule has 0 amide bonds. The van der Waals surface area contributed by atoms with Crippen molar-refractivity contribution in [2.45, 2.75) is 52.4 Å². The number of hydrogen-bond donors (Lipinski definition) is 0. The molecule has 0 spiro atoms. The molecule has 4 rings (SSSR count). The van der Waals surface area contributed by atoms with Gasteiger partial charge in [0.2, 0.25) is 5.69 Å². The van der Waals surface area contributed by atoms with Gasteiger partial charge in [-0.1, -0.05) is 41.5 Å². The van der Waals surface area contributed by atoms with Crippen LogP contribution >= 0.6 is 0 Å². The van der Waals surface area contributed by atoms with E-state index in [1.54, 1.807) is 0 Å². The maximum Gasteiger partial charge on any atom is 0.229 e. The molecule has 0 N–H and O–H groups in total. The first kappa shape index (κ1) is 17.8. The highest BCUT2D eigenvalue weighted by atomic mass is 15.0. The van der Waals surface area contributed by atoms with Crippen molar-refractivity contribution in [3.05, 3.63) is 60.6 Å². The molecule has 0 saturated heterocycles. The number of fused-ring (bicyclic) bond motifs is 2. The fourth-order valence-electron chi connectivity index (χ4n) is 3.83. The number of rotatable bonds is 1. The molecule has 4 aromatic heterocycles. The van der Waals surface area contributed by atoms with Crippen molar-refractivity contribution in [2.75, 3.05) is 0 Å². The molecule has 0 fully saturated rings. The van der Waals surface area contributed by atoms with E-state index in [-0.39, 0.29) is 10.8 Å². The van der Waals surface area contributed by atoms with Crippen LogP contribution in [0.5, 0.6) is 0 Å². The van der Waals surface area contributed by atoms with Gasteiger partial charge in [0, 0.05) is 48.6 Å². The lowest BCUT2D eigenvalue weighted by Gasteiger charge is -2.18. The van der Waals surface area contributed by atoms with Gasteiger partial charge in [-0.3, -0.25) is 4.98 Å². The lowest BCUT2D eigenvalue weighted by molar-refractivity contribution is -0.594. The fourth-order valence-corrected chi connectivity index (χ4v) is 3.83. The molecule has 4 heteroatoms. The maximum atomic E-state index is 4.65. The second-order valence-electron chi connectivity index (χ2n) is 9.57. The molecular formula is C23H29N4+. The van der Waals surface area contributed by atoms with E-state index < -0.39 is 0 Å². The van der Waals surface area contributed by atoms with Gasteiger partial charge >= 0.3 is 0 Å². The first-order valence-corrected chi connectivity index (χ1v) is 9.54. The van der Waals surface area contributed by atoms with Gasteiger partial charge in [0.1, 0.15) is 5.52 Å². The second-order valence-corrected chi connectivity index (χ2v) is 9.57. The van der Waals surface area contributed by atoms with Crippen molar-refractivity contribution in [3.8, 4) is 5.69 Å². The highest BCUT2D eigenvalue weighted by Gasteiger charge is 2.24. The van der Waals surface area contributed by atoms with Crippen LogP contribution in [0, 0.1) is 0 Å². The molecule has 0 atom stereocenters. The lowest BCUT2D eigenvalue weighted by Crippen LogP contribution is -2.29. The third-order valence-electron chi connectivity index (χ3n) is 5.26. The van der Waals surface area contributed by atoms with Crippen LogP contribution in [0.15, 0.2) is 49.3 Å². The number of pyridine rings is 1. The Bertz CT molecular complexity index is 1150. The summed E-state index contributed by atoms with van der Waals surface area (Å²) in [5.41, 5.74) is 6.19. The van der Waals surface area contributed by atoms with E-state index in [2.05, 4.69) is 104 Å². The summed E-state index contributed by atoms with van der Waals surface area (Å²) in [6.07, 6.45) is 12.7. The number of aromatic nitrogens is 4. The molecule has 0 saturated carbocycles. The van der Waals surface area contributed by atoms with E-state index in [0.717, 1.165) is 16.9 Å². The average Bonchev–Trinajstić information content (AvgIpc) is 3.14. The Morgan fingerprint density at radius 1 is 0.963 bits per heavy atom. The minimum atomic E-state index is 0.00643. The Labute approximate surface area is 161 Å². The van der Waals surface area contributed by atoms with Crippen molar-refractivity contribution < 1.29 is 4.57 Å². The Hall–Kier alpha value is -2.62. The van der Waals surface area contributed by atoms with Gasteiger partial charge in [0.25, 0.3) is 0 Å². The molecule has 0 aliphatic rings. The predicted octanol–water partition coefficient (Wildman–Crippen LogP) is 4.70. The Kier molecular flexibility index (Phi) is 3.74. The molecule has 4 nitrogen and oxygen atoms in total. The van der Waals surface area contributed by atoms with Crippen LogP contribution in [0.2, 0.25) is 0 Å². The standard InChI is InChI=1S/C23H29N4/c1-22(2,3)18-14-25(7)20-15-26(10-8-17(18)20)16-12-19-21(23(4,5)6)24-9-11-27(19)13-16/h8-15H,1-7H3/q+1. The molecule has 27 heavy (non-hydrogen) atoms. The number of nitrogens with zero attached hydrogens (tertiary/aromatic N) is 4. The van der Waals surface area contributed by atoms with Gasteiger partial charge in [-0.25, -0.2) is 0 Å². The summed E-state index contributed by atoms with van der Waals surface area (Å²) in [6, 6.07) is 4.47. The third kappa shape index (κ3) is 2.93. The van der Waals surface area contributed by atoms with Gasteiger partial charge in [-0.05, 0) is 11.0 Å². The third-order valence-corrected chi connectivity index (χ3v) is 5.26. The SMILES string of the molecule is Cn1cc(C(C)(C)C)c2cc[n+](-c3cc4c(C(C)(C)C)nccn4c3)cc21. The maximum absolute atomic E-state index is 4.65. The molecule has 0 aliphatic heterocycles. The lowest BCUT2D eigenvalue weighted by atomic mass is 9.87. The molecule has 0 bridgehead atoms. The van der Waals surface area contributed by atoms with E-state index in [4.69, 9.17) is 0 Å². The zero-order valence-electron chi connectivity index (χ0n) is 17.4. The van der Waals surface area contributed by atoms with Crippen molar-refractivity contribution in [1.82, 2.24) is 14.0 Å². The van der Waals surface area contributed by atoms with Crippen LogP contribution in [-0.4, -0.2) is 14.0 Å². The summed E-state index contributed by atoms with van der Waals surface area (Å²) in [6.45, 7) is 13.4. The Morgan fingerprint density at radius 2 is 1.70 bits per heavy atom. The topological polar surface area (TPSA) is 26.1 Å². The molecule has 4 heterocycles. The predicted molar refractivity (Wildman–Crippen MR) is 111 cm³/mol. The fraction of sp³-hybridized carbons (Fsp3) is 0.391.